The summed E-state index contributed by atoms with van der Waals surface area (Å²) in [5.74, 6) is -0.192. The second-order valence-corrected chi connectivity index (χ2v) is 6.07. The van der Waals surface area contributed by atoms with Gasteiger partial charge in [-0.25, -0.2) is 9.67 Å². The van der Waals surface area contributed by atoms with Gasteiger partial charge in [0.15, 0.2) is 5.78 Å². The highest BCUT2D eigenvalue weighted by molar-refractivity contribution is 6.21. The lowest BCUT2D eigenvalue weighted by Gasteiger charge is -2.18. The van der Waals surface area contributed by atoms with E-state index < -0.39 is 17.2 Å². The molecule has 1 aromatic heterocycles. The largest absolute Gasteiger partial charge is 0.416 e. The van der Waals surface area contributed by atoms with Crippen molar-refractivity contribution in [2.24, 2.45) is 5.41 Å². The van der Waals surface area contributed by atoms with Crippen molar-refractivity contribution in [3.63, 3.8) is 0 Å². The molecule has 0 aliphatic carbocycles. The monoisotopic (exact) mass is 323 g/mol. The average molecular weight is 323 g/mol. The molecule has 4 nitrogen and oxygen atoms in total. The molecule has 0 aliphatic rings. The normalized spacial score (nSPS) is 13.2. The van der Waals surface area contributed by atoms with E-state index in [1.807, 2.05) is 0 Å². The van der Waals surface area contributed by atoms with E-state index in [1.165, 1.54) is 35.5 Å². The van der Waals surface area contributed by atoms with Crippen LogP contribution >= 0.6 is 0 Å². The van der Waals surface area contributed by atoms with Crippen LogP contribution in [-0.2, 0) is 11.0 Å². The fourth-order valence-electron chi connectivity index (χ4n) is 1.88. The van der Waals surface area contributed by atoms with Crippen LogP contribution in [0.3, 0.4) is 0 Å². The lowest BCUT2D eigenvalue weighted by Crippen LogP contribution is -2.24. The highest BCUT2D eigenvalue weighted by Crippen LogP contribution is 2.30. The highest BCUT2D eigenvalue weighted by Gasteiger charge is 2.30. The third-order valence-electron chi connectivity index (χ3n) is 3.12. The van der Waals surface area contributed by atoms with E-state index in [0.717, 1.165) is 12.1 Å². The standard InChI is InChI=1S/C16H16F3N3O/c1-15(2,3)14(23)13(22-10-20-9-21-22)8-11-4-6-12(7-5-11)16(17,18)19/h4-10H,1-3H3/b13-8+. The van der Waals surface area contributed by atoms with Gasteiger partial charge in [-0.1, -0.05) is 32.9 Å². The number of allylic oxidation sites excluding steroid dienone is 1. The van der Waals surface area contributed by atoms with E-state index in [1.54, 1.807) is 20.8 Å². The van der Waals surface area contributed by atoms with Gasteiger partial charge in [-0.05, 0) is 23.8 Å². The summed E-state index contributed by atoms with van der Waals surface area (Å²) in [6.07, 6.45) is -0.225. The van der Waals surface area contributed by atoms with Crippen LogP contribution in [0.5, 0.6) is 0 Å². The number of Topliss-reactive ketones (excluding diaryl/α,β-unsaturated/α-hetero) is 1. The van der Waals surface area contributed by atoms with Gasteiger partial charge in [0.05, 0.1) is 5.56 Å². The molecule has 0 unspecified atom stereocenters. The number of carbonyl (C=O) groups is 1. The second-order valence-electron chi connectivity index (χ2n) is 6.07. The Morgan fingerprint density at radius 3 is 2.17 bits per heavy atom. The molecule has 0 spiro atoms. The first-order chi connectivity index (χ1) is 10.6. The summed E-state index contributed by atoms with van der Waals surface area (Å²) in [5.41, 5.74) is -0.682. The Hall–Kier alpha value is -2.44. The van der Waals surface area contributed by atoms with Gasteiger partial charge in [-0.3, -0.25) is 4.79 Å². The first-order valence-corrected chi connectivity index (χ1v) is 6.88. The fraction of sp³-hybridized carbons (Fsp3) is 0.312. The van der Waals surface area contributed by atoms with Gasteiger partial charge in [0, 0.05) is 5.41 Å². The molecule has 1 aromatic carbocycles. The Morgan fingerprint density at radius 1 is 1.13 bits per heavy atom. The average Bonchev–Trinajstić information content (AvgIpc) is 2.96. The van der Waals surface area contributed by atoms with Gasteiger partial charge < -0.3 is 0 Å². The molecule has 0 fully saturated rings. The molecule has 7 heteroatoms. The molecule has 1 heterocycles. The Balaban J connectivity index is 2.44. The molecule has 2 aromatic rings. The second kappa shape index (κ2) is 5.98. The zero-order valence-corrected chi connectivity index (χ0v) is 12.9. The van der Waals surface area contributed by atoms with Crippen LogP contribution in [0.2, 0.25) is 0 Å². The van der Waals surface area contributed by atoms with Crippen molar-refractivity contribution in [3.05, 3.63) is 48.0 Å². The lowest BCUT2D eigenvalue weighted by atomic mass is 9.88. The maximum Gasteiger partial charge on any atom is 0.416 e. The Labute approximate surface area is 131 Å². The number of hydrogen-bond donors (Lipinski definition) is 0. The molecular weight excluding hydrogens is 307 g/mol. The molecule has 0 radical (unpaired) electrons. The van der Waals surface area contributed by atoms with Gasteiger partial charge in [-0.2, -0.15) is 18.3 Å². The number of halogens is 3. The third kappa shape index (κ3) is 4.06. The van der Waals surface area contributed by atoms with E-state index in [2.05, 4.69) is 10.1 Å². The van der Waals surface area contributed by atoms with Crippen LogP contribution in [0.15, 0.2) is 36.9 Å². The van der Waals surface area contributed by atoms with E-state index in [9.17, 15) is 18.0 Å². The van der Waals surface area contributed by atoms with Gasteiger partial charge in [0.2, 0.25) is 0 Å². The topological polar surface area (TPSA) is 47.8 Å². The molecule has 122 valence electrons. The number of benzene rings is 1. The van der Waals surface area contributed by atoms with Gasteiger partial charge >= 0.3 is 6.18 Å². The van der Waals surface area contributed by atoms with Crippen molar-refractivity contribution in [3.8, 4) is 0 Å². The molecule has 0 saturated carbocycles. The number of ketones is 1. The predicted molar refractivity (Wildman–Crippen MR) is 80.1 cm³/mol. The number of rotatable bonds is 3. The molecule has 0 bridgehead atoms. The number of carbonyl (C=O) groups excluding carboxylic acids is 1. The number of hydrogen-bond acceptors (Lipinski definition) is 3. The van der Waals surface area contributed by atoms with Crippen LogP contribution < -0.4 is 0 Å². The van der Waals surface area contributed by atoms with Crippen LogP contribution in [0, 0.1) is 5.41 Å². The first-order valence-electron chi connectivity index (χ1n) is 6.88. The van der Waals surface area contributed by atoms with Gasteiger partial charge in [0.1, 0.15) is 18.4 Å². The molecule has 0 amide bonds. The van der Waals surface area contributed by atoms with Crippen molar-refractivity contribution >= 4 is 17.6 Å². The lowest BCUT2D eigenvalue weighted by molar-refractivity contribution is -0.137. The Morgan fingerprint density at radius 2 is 1.74 bits per heavy atom. The minimum atomic E-state index is -4.39. The summed E-state index contributed by atoms with van der Waals surface area (Å²) in [6.45, 7) is 5.27. The van der Waals surface area contributed by atoms with Crippen molar-refractivity contribution < 1.29 is 18.0 Å². The summed E-state index contributed by atoms with van der Waals surface area (Å²) in [5, 5.41) is 3.94. The summed E-state index contributed by atoms with van der Waals surface area (Å²) < 4.78 is 39.1. The van der Waals surface area contributed by atoms with E-state index in [-0.39, 0.29) is 11.5 Å². The zero-order valence-electron chi connectivity index (χ0n) is 12.9. The molecule has 0 aliphatic heterocycles. The Bertz CT molecular complexity index is 709. The maximum atomic E-state index is 12.6. The molecule has 0 atom stereocenters. The smallest absolute Gasteiger partial charge is 0.292 e. The first kappa shape index (κ1) is 16.9. The summed E-state index contributed by atoms with van der Waals surface area (Å²) in [7, 11) is 0. The minimum absolute atomic E-state index is 0.192. The van der Waals surface area contributed by atoms with Crippen LogP contribution in [0.1, 0.15) is 31.9 Å². The molecule has 2 rings (SSSR count). The van der Waals surface area contributed by atoms with Crippen molar-refractivity contribution in [1.29, 1.82) is 0 Å². The molecular formula is C16H16F3N3O. The van der Waals surface area contributed by atoms with Crippen molar-refractivity contribution in [1.82, 2.24) is 14.8 Å². The van der Waals surface area contributed by atoms with E-state index in [4.69, 9.17) is 0 Å². The zero-order chi connectivity index (χ0) is 17.3. The third-order valence-corrected chi connectivity index (χ3v) is 3.12. The van der Waals surface area contributed by atoms with Gasteiger partial charge in [-0.15, -0.1) is 0 Å². The number of aromatic nitrogens is 3. The molecule has 0 saturated heterocycles. The molecule has 23 heavy (non-hydrogen) atoms. The van der Waals surface area contributed by atoms with Gasteiger partial charge in [0.25, 0.3) is 0 Å². The predicted octanol–water partition coefficient (Wildman–Crippen LogP) is 3.91. The quantitative estimate of drug-likeness (QED) is 0.805. The van der Waals surface area contributed by atoms with Crippen LogP contribution in [-0.4, -0.2) is 20.5 Å². The summed E-state index contributed by atoms with van der Waals surface area (Å²) in [4.78, 5) is 16.4. The highest BCUT2D eigenvalue weighted by atomic mass is 19.4. The number of alkyl halides is 3. The summed E-state index contributed by atoms with van der Waals surface area (Å²) >= 11 is 0. The summed E-state index contributed by atoms with van der Waals surface area (Å²) in [6, 6.07) is 4.59. The fourth-order valence-corrected chi connectivity index (χ4v) is 1.88. The number of nitrogens with zero attached hydrogens (tertiary/aromatic N) is 3. The van der Waals surface area contributed by atoms with Crippen molar-refractivity contribution in [2.75, 3.05) is 0 Å². The minimum Gasteiger partial charge on any atom is -0.292 e. The SMILES string of the molecule is CC(C)(C)C(=O)/C(=C\c1ccc(C(F)(F)F)cc1)n1cncn1. The van der Waals surface area contributed by atoms with E-state index in [0.29, 0.717) is 5.56 Å². The molecule has 0 N–H and O–H groups in total. The maximum absolute atomic E-state index is 12.6. The van der Waals surface area contributed by atoms with E-state index >= 15 is 0 Å². The van der Waals surface area contributed by atoms with Crippen LogP contribution in [0.4, 0.5) is 13.2 Å². The van der Waals surface area contributed by atoms with Crippen LogP contribution in [0.25, 0.3) is 11.8 Å². The Kier molecular flexibility index (Phi) is 4.40. The van der Waals surface area contributed by atoms with Crippen molar-refractivity contribution in [2.45, 2.75) is 26.9 Å².